The lowest BCUT2D eigenvalue weighted by Crippen LogP contribution is -2.33. The lowest BCUT2D eigenvalue weighted by Gasteiger charge is -2.11. The SMILES string of the molecule is Cc1cc(C)c2oc(-c3ccc(C)c(NC(=S)NC(=O)/C=C/c4ccc(-c5ccc(C)c(Cl)c5)o4)c3)nc2c1. The largest absolute Gasteiger partial charge is 0.457 e. The number of aromatic nitrogens is 1. The van der Waals surface area contributed by atoms with Crippen LogP contribution in [0.25, 0.3) is 40.0 Å². The molecule has 1 amide bonds. The van der Waals surface area contributed by atoms with Crippen molar-refractivity contribution in [3.63, 3.8) is 0 Å². The molecule has 0 spiro atoms. The fraction of sp³-hybridized carbons (Fsp3) is 0.129. The highest BCUT2D eigenvalue weighted by Crippen LogP contribution is 2.30. The molecule has 39 heavy (non-hydrogen) atoms. The van der Waals surface area contributed by atoms with Crippen LogP contribution in [-0.4, -0.2) is 16.0 Å². The lowest BCUT2D eigenvalue weighted by atomic mass is 10.1. The van der Waals surface area contributed by atoms with Gasteiger partial charge in [0.15, 0.2) is 10.7 Å². The van der Waals surface area contributed by atoms with Crippen molar-refractivity contribution >= 4 is 57.7 Å². The molecule has 196 valence electrons. The molecule has 0 saturated carbocycles. The number of halogens is 1. The number of thiocarbonyl (C=S) groups is 1. The number of hydrogen-bond donors (Lipinski definition) is 2. The summed E-state index contributed by atoms with van der Waals surface area (Å²) < 4.78 is 11.9. The van der Waals surface area contributed by atoms with Crippen molar-refractivity contribution in [1.82, 2.24) is 10.3 Å². The van der Waals surface area contributed by atoms with Gasteiger partial charge in [0.05, 0.1) is 0 Å². The van der Waals surface area contributed by atoms with Crippen molar-refractivity contribution in [1.29, 1.82) is 0 Å². The summed E-state index contributed by atoms with van der Waals surface area (Å²) in [6.07, 6.45) is 2.95. The van der Waals surface area contributed by atoms with E-state index in [9.17, 15) is 4.79 Å². The standard InChI is InChI=1S/C31H26ClN3O3S/c1-17-13-20(4)29-26(14-17)33-30(38-29)22-8-6-19(3)25(16-22)34-31(39)35-28(36)12-10-23-9-11-27(37-23)21-7-5-18(2)24(32)15-21/h5-16H,1-4H3,(H2,34,35,36,39)/b12-10+. The van der Waals surface area contributed by atoms with Gasteiger partial charge in [-0.25, -0.2) is 4.98 Å². The summed E-state index contributed by atoms with van der Waals surface area (Å²) in [6, 6.07) is 19.2. The summed E-state index contributed by atoms with van der Waals surface area (Å²) in [6.45, 7) is 7.93. The molecular formula is C31H26ClN3O3S. The summed E-state index contributed by atoms with van der Waals surface area (Å²) in [5.74, 6) is 1.32. The van der Waals surface area contributed by atoms with E-state index in [1.54, 1.807) is 12.1 Å². The first-order valence-electron chi connectivity index (χ1n) is 12.3. The number of rotatable bonds is 5. The van der Waals surface area contributed by atoms with E-state index in [0.717, 1.165) is 50.2 Å². The molecule has 0 saturated heterocycles. The van der Waals surface area contributed by atoms with E-state index in [0.29, 0.717) is 22.4 Å². The summed E-state index contributed by atoms with van der Waals surface area (Å²) in [5.41, 5.74) is 8.10. The summed E-state index contributed by atoms with van der Waals surface area (Å²) in [5, 5.41) is 6.61. The van der Waals surface area contributed by atoms with Gasteiger partial charge in [-0.2, -0.15) is 0 Å². The Labute approximate surface area is 236 Å². The van der Waals surface area contributed by atoms with Gasteiger partial charge >= 0.3 is 0 Å². The first-order valence-corrected chi connectivity index (χ1v) is 13.1. The van der Waals surface area contributed by atoms with Crippen LogP contribution in [-0.2, 0) is 4.79 Å². The number of nitrogens with one attached hydrogen (secondary N) is 2. The first kappa shape index (κ1) is 26.4. The van der Waals surface area contributed by atoms with E-state index in [1.807, 2.05) is 76.2 Å². The maximum Gasteiger partial charge on any atom is 0.250 e. The molecule has 0 bridgehead atoms. The van der Waals surface area contributed by atoms with Crippen molar-refractivity contribution in [3.8, 4) is 22.8 Å². The van der Waals surface area contributed by atoms with E-state index in [4.69, 9.17) is 32.7 Å². The van der Waals surface area contributed by atoms with E-state index in [-0.39, 0.29) is 11.0 Å². The second-order valence-corrected chi connectivity index (χ2v) is 10.2. The highest BCUT2D eigenvalue weighted by Gasteiger charge is 2.13. The topological polar surface area (TPSA) is 80.3 Å². The minimum atomic E-state index is -0.387. The third-order valence-corrected chi connectivity index (χ3v) is 6.88. The molecule has 0 unspecified atom stereocenters. The number of furan rings is 1. The number of benzene rings is 3. The third kappa shape index (κ3) is 5.95. The Morgan fingerprint density at radius 2 is 1.67 bits per heavy atom. The van der Waals surface area contributed by atoms with Gasteiger partial charge in [0.25, 0.3) is 0 Å². The molecule has 5 rings (SSSR count). The number of carbonyl (C=O) groups excluding carboxylic acids is 1. The minimum Gasteiger partial charge on any atom is -0.457 e. The Morgan fingerprint density at radius 1 is 0.897 bits per heavy atom. The Hall–Kier alpha value is -4.20. The predicted molar refractivity (Wildman–Crippen MR) is 161 cm³/mol. The van der Waals surface area contributed by atoms with Gasteiger partial charge in [-0.05, 0) is 105 Å². The predicted octanol–water partition coefficient (Wildman–Crippen LogP) is 8.17. The van der Waals surface area contributed by atoms with Crippen LogP contribution in [0.2, 0.25) is 5.02 Å². The van der Waals surface area contributed by atoms with Gasteiger partial charge in [0.2, 0.25) is 11.8 Å². The van der Waals surface area contributed by atoms with Gasteiger partial charge in [-0.15, -0.1) is 0 Å². The molecule has 0 aliphatic heterocycles. The number of anilines is 1. The fourth-order valence-electron chi connectivity index (χ4n) is 4.20. The number of fused-ring (bicyclic) bond motifs is 1. The Bertz CT molecular complexity index is 1770. The number of oxazole rings is 1. The highest BCUT2D eigenvalue weighted by atomic mass is 35.5. The van der Waals surface area contributed by atoms with Crippen molar-refractivity contribution in [2.24, 2.45) is 0 Å². The van der Waals surface area contributed by atoms with Gasteiger partial charge < -0.3 is 14.2 Å². The van der Waals surface area contributed by atoms with Crippen molar-refractivity contribution in [2.75, 3.05) is 5.32 Å². The zero-order valence-electron chi connectivity index (χ0n) is 21.9. The molecule has 0 aliphatic rings. The molecule has 5 aromatic rings. The average molecular weight is 556 g/mol. The Kier molecular flexibility index (Phi) is 7.37. The van der Waals surface area contributed by atoms with Crippen LogP contribution >= 0.6 is 23.8 Å². The van der Waals surface area contributed by atoms with Crippen molar-refractivity contribution in [3.05, 3.63) is 99.8 Å². The van der Waals surface area contributed by atoms with E-state index in [2.05, 4.69) is 21.7 Å². The third-order valence-electron chi connectivity index (χ3n) is 6.27. The molecule has 3 aromatic carbocycles. The molecular weight excluding hydrogens is 530 g/mol. The molecule has 6 nitrogen and oxygen atoms in total. The zero-order valence-corrected chi connectivity index (χ0v) is 23.5. The molecule has 0 aliphatic carbocycles. The molecule has 0 fully saturated rings. The van der Waals surface area contributed by atoms with Crippen LogP contribution in [0.3, 0.4) is 0 Å². The maximum absolute atomic E-state index is 12.5. The fourth-order valence-corrected chi connectivity index (χ4v) is 4.59. The smallest absolute Gasteiger partial charge is 0.250 e. The maximum atomic E-state index is 12.5. The van der Waals surface area contributed by atoms with Crippen LogP contribution in [0, 0.1) is 27.7 Å². The van der Waals surface area contributed by atoms with E-state index >= 15 is 0 Å². The monoisotopic (exact) mass is 555 g/mol. The average Bonchev–Trinajstić information content (AvgIpc) is 3.53. The molecule has 2 N–H and O–H groups in total. The van der Waals surface area contributed by atoms with Crippen molar-refractivity contribution in [2.45, 2.75) is 27.7 Å². The molecule has 2 aromatic heterocycles. The quantitative estimate of drug-likeness (QED) is 0.168. The number of amides is 1. The molecule has 0 radical (unpaired) electrons. The van der Waals surface area contributed by atoms with Gasteiger partial charge in [-0.3, -0.25) is 10.1 Å². The van der Waals surface area contributed by atoms with E-state index < -0.39 is 0 Å². The van der Waals surface area contributed by atoms with Gasteiger partial charge in [0.1, 0.15) is 17.0 Å². The van der Waals surface area contributed by atoms with Gasteiger partial charge in [0, 0.05) is 27.9 Å². The Balaban J connectivity index is 1.24. The van der Waals surface area contributed by atoms with Crippen molar-refractivity contribution < 1.29 is 13.6 Å². The number of hydrogen-bond acceptors (Lipinski definition) is 5. The normalized spacial score (nSPS) is 11.3. The zero-order chi connectivity index (χ0) is 27.7. The van der Waals surface area contributed by atoms with Crippen LogP contribution < -0.4 is 10.6 Å². The van der Waals surface area contributed by atoms with Crippen LogP contribution in [0.4, 0.5) is 5.69 Å². The Morgan fingerprint density at radius 3 is 2.46 bits per heavy atom. The second-order valence-electron chi connectivity index (χ2n) is 9.42. The van der Waals surface area contributed by atoms with E-state index in [1.165, 1.54) is 6.08 Å². The lowest BCUT2D eigenvalue weighted by molar-refractivity contribution is -0.115. The van der Waals surface area contributed by atoms with Crippen LogP contribution in [0.15, 0.2) is 75.6 Å². The van der Waals surface area contributed by atoms with Crippen LogP contribution in [0.1, 0.15) is 28.0 Å². The highest BCUT2D eigenvalue weighted by molar-refractivity contribution is 7.80. The summed E-state index contributed by atoms with van der Waals surface area (Å²) >= 11 is 11.6. The van der Waals surface area contributed by atoms with Crippen LogP contribution in [0.5, 0.6) is 0 Å². The first-order chi connectivity index (χ1) is 18.7. The minimum absolute atomic E-state index is 0.170. The number of nitrogens with zero attached hydrogens (tertiary/aromatic N) is 1. The number of carbonyl (C=O) groups is 1. The molecule has 8 heteroatoms. The molecule has 2 heterocycles. The summed E-state index contributed by atoms with van der Waals surface area (Å²) in [7, 11) is 0. The van der Waals surface area contributed by atoms with Gasteiger partial charge in [-0.1, -0.05) is 35.9 Å². The molecule has 0 atom stereocenters. The summed E-state index contributed by atoms with van der Waals surface area (Å²) in [4.78, 5) is 17.2. The number of aryl methyl sites for hydroxylation is 4. The second kappa shape index (κ2) is 10.9.